The summed E-state index contributed by atoms with van der Waals surface area (Å²) < 4.78 is 7.82. The molecule has 0 aliphatic carbocycles. The lowest BCUT2D eigenvalue weighted by Crippen LogP contribution is -2.28. The van der Waals surface area contributed by atoms with Crippen molar-refractivity contribution in [2.75, 3.05) is 13.1 Å². The van der Waals surface area contributed by atoms with Gasteiger partial charge in [-0.1, -0.05) is 39.3 Å². The van der Waals surface area contributed by atoms with Crippen LogP contribution >= 0.6 is 0 Å². The van der Waals surface area contributed by atoms with Crippen LogP contribution in [0.3, 0.4) is 0 Å². The lowest BCUT2D eigenvalue weighted by Gasteiger charge is -2.24. The maximum Gasteiger partial charge on any atom is 0.253 e. The zero-order valence-corrected chi connectivity index (χ0v) is 19.4. The van der Waals surface area contributed by atoms with Gasteiger partial charge >= 0.3 is 0 Å². The maximum absolute atomic E-state index is 12.4. The van der Waals surface area contributed by atoms with Crippen LogP contribution in [0.15, 0.2) is 45.7 Å². The van der Waals surface area contributed by atoms with Gasteiger partial charge in [-0.15, -0.1) is 10.2 Å². The largest absolute Gasteiger partial charge is 0.416 e. The molecule has 1 aliphatic rings. The summed E-state index contributed by atoms with van der Waals surface area (Å²) in [6, 6.07) is 9.97. The quantitative estimate of drug-likeness (QED) is 0.458. The van der Waals surface area contributed by atoms with Gasteiger partial charge in [0.25, 0.3) is 11.4 Å². The van der Waals surface area contributed by atoms with Crippen LogP contribution in [0, 0.1) is 0 Å². The molecule has 2 N–H and O–H groups in total. The van der Waals surface area contributed by atoms with E-state index in [9.17, 15) is 4.79 Å². The summed E-state index contributed by atoms with van der Waals surface area (Å²) in [5.41, 5.74) is 4.27. The highest BCUT2D eigenvalue weighted by Gasteiger charge is 2.23. The molecule has 8 nitrogen and oxygen atoms in total. The first kappa shape index (κ1) is 21.6. The van der Waals surface area contributed by atoms with E-state index in [2.05, 4.69) is 58.5 Å². The van der Waals surface area contributed by atoms with Crippen LogP contribution in [-0.2, 0) is 5.41 Å². The highest BCUT2D eigenvalue weighted by atomic mass is 16.4. The van der Waals surface area contributed by atoms with Crippen molar-refractivity contribution < 1.29 is 4.42 Å². The minimum Gasteiger partial charge on any atom is -0.416 e. The third-order valence-electron chi connectivity index (χ3n) is 6.74. The fourth-order valence-electron chi connectivity index (χ4n) is 4.86. The molecule has 172 valence electrons. The Bertz CT molecular complexity index is 1310. The summed E-state index contributed by atoms with van der Waals surface area (Å²) in [5.74, 6) is 1.08. The average molecular weight is 447 g/mol. The van der Waals surface area contributed by atoms with Crippen molar-refractivity contribution in [3.05, 3.63) is 58.1 Å². The van der Waals surface area contributed by atoms with E-state index in [0.29, 0.717) is 23.0 Å². The number of nitrogens with zero attached hydrogens (tertiary/aromatic N) is 4. The van der Waals surface area contributed by atoms with E-state index in [1.807, 2.05) is 12.1 Å². The van der Waals surface area contributed by atoms with Crippen LogP contribution in [-0.4, -0.2) is 37.9 Å². The molecule has 0 amide bonds. The van der Waals surface area contributed by atoms with Crippen molar-refractivity contribution in [3.63, 3.8) is 0 Å². The Morgan fingerprint density at radius 2 is 1.85 bits per heavy atom. The molecule has 4 aromatic rings. The second-order valence-electron chi connectivity index (χ2n) is 9.52. The normalized spacial score (nSPS) is 15.4. The van der Waals surface area contributed by atoms with E-state index in [1.54, 1.807) is 16.8 Å². The average Bonchev–Trinajstić information content (AvgIpc) is 3.46. The van der Waals surface area contributed by atoms with Crippen LogP contribution in [0.5, 0.6) is 0 Å². The summed E-state index contributed by atoms with van der Waals surface area (Å²) in [4.78, 5) is 15.3. The van der Waals surface area contributed by atoms with E-state index in [0.717, 1.165) is 50.0 Å². The van der Waals surface area contributed by atoms with Crippen molar-refractivity contribution >= 4 is 5.65 Å². The maximum atomic E-state index is 12.4. The minimum atomic E-state index is -0.150. The van der Waals surface area contributed by atoms with E-state index >= 15 is 0 Å². The van der Waals surface area contributed by atoms with Crippen molar-refractivity contribution in [1.82, 2.24) is 30.1 Å². The van der Waals surface area contributed by atoms with Gasteiger partial charge in [-0.2, -0.15) is 5.10 Å². The second kappa shape index (κ2) is 8.59. The first-order valence-corrected chi connectivity index (χ1v) is 11.7. The Labute approximate surface area is 192 Å². The Morgan fingerprint density at radius 3 is 2.58 bits per heavy atom. The first-order valence-electron chi connectivity index (χ1n) is 11.7. The molecule has 1 saturated heterocycles. The topological polar surface area (TPSA) is 101 Å². The number of benzene rings is 1. The summed E-state index contributed by atoms with van der Waals surface area (Å²) >= 11 is 0. The van der Waals surface area contributed by atoms with Gasteiger partial charge in [-0.3, -0.25) is 4.79 Å². The fourth-order valence-corrected chi connectivity index (χ4v) is 4.86. The van der Waals surface area contributed by atoms with Crippen LogP contribution < -0.4 is 10.9 Å². The molecule has 1 aromatic carbocycles. The predicted octanol–water partition coefficient (Wildman–Crippen LogP) is 4.28. The predicted molar refractivity (Wildman–Crippen MR) is 127 cm³/mol. The third kappa shape index (κ3) is 4.11. The Balaban J connectivity index is 1.47. The number of H-pyrrole nitrogens is 1. The molecule has 0 radical (unpaired) electrons. The molecule has 0 saturated carbocycles. The number of aromatic amines is 1. The molecule has 0 spiro atoms. The molecule has 0 atom stereocenters. The number of aromatic nitrogens is 5. The fraction of sp³-hybridized carbons (Fsp3) is 0.440. The Hall–Kier alpha value is -3.26. The molecule has 8 heteroatoms. The zero-order chi connectivity index (χ0) is 23.0. The number of hydrogen-bond acceptors (Lipinski definition) is 6. The van der Waals surface area contributed by atoms with E-state index in [1.165, 1.54) is 5.56 Å². The monoisotopic (exact) mass is 446 g/mol. The molecular formula is C25H30N6O2. The Kier molecular flexibility index (Phi) is 5.62. The van der Waals surface area contributed by atoms with Gasteiger partial charge in [0.1, 0.15) is 11.2 Å². The van der Waals surface area contributed by atoms with Gasteiger partial charge in [0.05, 0.1) is 11.9 Å². The zero-order valence-electron chi connectivity index (χ0n) is 19.4. The summed E-state index contributed by atoms with van der Waals surface area (Å²) in [6.07, 6.45) is 5.91. The van der Waals surface area contributed by atoms with E-state index < -0.39 is 0 Å². The van der Waals surface area contributed by atoms with E-state index in [-0.39, 0.29) is 16.9 Å². The number of hydrogen-bond donors (Lipinski definition) is 2. The molecule has 0 bridgehead atoms. The molecular weight excluding hydrogens is 416 g/mol. The van der Waals surface area contributed by atoms with Crippen molar-refractivity contribution in [3.8, 4) is 22.9 Å². The molecule has 4 heterocycles. The number of piperidine rings is 1. The highest BCUT2D eigenvalue weighted by Crippen LogP contribution is 2.32. The van der Waals surface area contributed by atoms with Crippen molar-refractivity contribution in [1.29, 1.82) is 0 Å². The summed E-state index contributed by atoms with van der Waals surface area (Å²) in [7, 11) is 0. The van der Waals surface area contributed by atoms with Crippen LogP contribution in [0.25, 0.3) is 28.6 Å². The lowest BCUT2D eigenvalue weighted by molar-refractivity contribution is 0.446. The van der Waals surface area contributed by atoms with Gasteiger partial charge in [0, 0.05) is 17.5 Å². The number of nitrogens with one attached hydrogen (secondary N) is 2. The molecule has 1 fully saturated rings. The van der Waals surface area contributed by atoms with Gasteiger partial charge in [0.15, 0.2) is 0 Å². The highest BCUT2D eigenvalue weighted by molar-refractivity contribution is 5.71. The standard InChI is InChI=1S/C25H30N6O2/c1-4-11-25(2,3)18-7-5-17(6-8-18)23-29-30-24(33-23)19-15-27-31-20(14-21(32)28-22(19)31)16-9-12-26-13-10-16/h5-8,14-16,26H,4,9-13H2,1-3H3,(H,28,32). The smallest absolute Gasteiger partial charge is 0.253 e. The summed E-state index contributed by atoms with van der Waals surface area (Å²) in [5, 5.41) is 16.4. The number of fused-ring (bicyclic) bond motifs is 1. The molecule has 5 rings (SSSR count). The molecule has 3 aromatic heterocycles. The second-order valence-corrected chi connectivity index (χ2v) is 9.52. The van der Waals surface area contributed by atoms with Crippen molar-refractivity contribution in [2.45, 2.75) is 57.8 Å². The van der Waals surface area contributed by atoms with Crippen molar-refractivity contribution in [2.24, 2.45) is 0 Å². The van der Waals surface area contributed by atoms with Crippen LogP contribution in [0.2, 0.25) is 0 Å². The summed E-state index contributed by atoms with van der Waals surface area (Å²) in [6.45, 7) is 8.61. The lowest BCUT2D eigenvalue weighted by atomic mass is 9.80. The third-order valence-corrected chi connectivity index (χ3v) is 6.74. The van der Waals surface area contributed by atoms with Gasteiger partial charge in [-0.05, 0) is 55.5 Å². The van der Waals surface area contributed by atoms with Gasteiger partial charge in [-0.25, -0.2) is 4.52 Å². The Morgan fingerprint density at radius 1 is 1.12 bits per heavy atom. The first-order chi connectivity index (χ1) is 16.0. The van der Waals surface area contributed by atoms with Crippen LogP contribution in [0.4, 0.5) is 0 Å². The molecule has 33 heavy (non-hydrogen) atoms. The van der Waals surface area contributed by atoms with E-state index in [4.69, 9.17) is 4.42 Å². The molecule has 0 unspecified atom stereocenters. The van der Waals surface area contributed by atoms with Gasteiger partial charge in [0.2, 0.25) is 5.89 Å². The minimum absolute atomic E-state index is 0.127. The molecule has 1 aliphatic heterocycles. The van der Waals surface area contributed by atoms with Crippen LogP contribution in [0.1, 0.15) is 63.6 Å². The number of rotatable bonds is 6. The van der Waals surface area contributed by atoms with Gasteiger partial charge < -0.3 is 14.7 Å². The SMILES string of the molecule is CCCC(C)(C)c1ccc(-c2nnc(-c3cnn4c(C5CCNCC5)cc(=O)[nH]c34)o2)cc1.